The molecule has 0 spiro atoms. The predicted molar refractivity (Wildman–Crippen MR) is 113 cm³/mol. The highest BCUT2D eigenvalue weighted by Crippen LogP contribution is 2.42. The fraction of sp³-hybridized carbons (Fsp3) is 0.391. The molecule has 1 heterocycles. The van der Waals surface area contributed by atoms with E-state index in [0.717, 1.165) is 34.1 Å². The van der Waals surface area contributed by atoms with Crippen molar-refractivity contribution in [3.63, 3.8) is 0 Å². The van der Waals surface area contributed by atoms with E-state index in [2.05, 4.69) is 10.6 Å². The van der Waals surface area contributed by atoms with E-state index in [-0.39, 0.29) is 12.0 Å². The fourth-order valence-electron chi connectivity index (χ4n) is 4.11. The molecule has 31 heavy (non-hydrogen) atoms. The molecule has 162 valence electrons. The highest BCUT2D eigenvalue weighted by Gasteiger charge is 2.56. The molecule has 4 amide bonds. The van der Waals surface area contributed by atoms with Crippen LogP contribution in [0.15, 0.2) is 42.5 Å². The quantitative estimate of drug-likeness (QED) is 0.525. The number of nitrogens with zero attached hydrogens (tertiary/aromatic N) is 1. The van der Waals surface area contributed by atoms with Crippen LogP contribution in [0.5, 0.6) is 0 Å². The van der Waals surface area contributed by atoms with Crippen LogP contribution >= 0.6 is 0 Å². The van der Waals surface area contributed by atoms with Crippen LogP contribution in [0.25, 0.3) is 10.8 Å². The average Bonchev–Trinajstić information content (AvgIpc) is 3.58. The van der Waals surface area contributed by atoms with Gasteiger partial charge in [-0.1, -0.05) is 42.5 Å². The van der Waals surface area contributed by atoms with Crippen LogP contribution < -0.4 is 10.6 Å². The van der Waals surface area contributed by atoms with Gasteiger partial charge in [0.15, 0.2) is 6.61 Å². The zero-order chi connectivity index (χ0) is 22.2. The van der Waals surface area contributed by atoms with Crippen LogP contribution in [0.2, 0.25) is 0 Å². The highest BCUT2D eigenvalue weighted by molar-refractivity contribution is 6.08. The number of urea groups is 1. The van der Waals surface area contributed by atoms with Gasteiger partial charge in [-0.2, -0.15) is 0 Å². The van der Waals surface area contributed by atoms with Crippen LogP contribution in [-0.2, 0) is 19.1 Å². The first-order valence-corrected chi connectivity index (χ1v) is 10.4. The summed E-state index contributed by atoms with van der Waals surface area (Å²) in [5.41, 5.74) is -0.000659. The number of nitrogens with one attached hydrogen (secondary N) is 2. The molecular formula is C23H25N3O5. The number of esters is 1. The summed E-state index contributed by atoms with van der Waals surface area (Å²) in [5, 5.41) is 7.59. The first-order chi connectivity index (χ1) is 14.8. The molecule has 1 saturated carbocycles. The lowest BCUT2D eigenvalue weighted by molar-refractivity contribution is -0.151. The van der Waals surface area contributed by atoms with Gasteiger partial charge in [-0.05, 0) is 48.9 Å². The number of hydrogen-bond donors (Lipinski definition) is 2. The molecule has 2 aromatic rings. The molecule has 0 unspecified atom stereocenters. The molecule has 2 N–H and O–H groups in total. The number of ether oxygens (including phenoxy) is 1. The highest BCUT2D eigenvalue weighted by atomic mass is 16.5. The van der Waals surface area contributed by atoms with Crippen LogP contribution in [-0.4, -0.2) is 47.4 Å². The van der Waals surface area contributed by atoms with Gasteiger partial charge < -0.3 is 15.4 Å². The third-order valence-electron chi connectivity index (χ3n) is 6.01. The Morgan fingerprint density at radius 3 is 2.65 bits per heavy atom. The number of benzene rings is 2. The Labute approximate surface area is 179 Å². The Bertz CT molecular complexity index is 1060. The van der Waals surface area contributed by atoms with Crippen molar-refractivity contribution in [1.82, 2.24) is 15.5 Å². The third kappa shape index (κ3) is 4.10. The molecule has 2 fully saturated rings. The number of hydrogen-bond acceptors (Lipinski definition) is 5. The molecule has 8 nitrogen and oxygen atoms in total. The van der Waals surface area contributed by atoms with E-state index in [1.807, 2.05) is 49.4 Å². The summed E-state index contributed by atoms with van der Waals surface area (Å²) in [6.07, 6.45) is 1.74. The second-order valence-electron chi connectivity index (χ2n) is 8.32. The summed E-state index contributed by atoms with van der Waals surface area (Å²) in [5.74, 6) is -1.59. The topological polar surface area (TPSA) is 105 Å². The monoisotopic (exact) mass is 423 g/mol. The summed E-state index contributed by atoms with van der Waals surface area (Å²) in [7, 11) is 0. The van der Waals surface area contributed by atoms with E-state index in [9.17, 15) is 19.2 Å². The lowest BCUT2D eigenvalue weighted by Crippen LogP contribution is -2.46. The van der Waals surface area contributed by atoms with Crippen LogP contribution in [0.3, 0.4) is 0 Å². The molecule has 1 saturated heterocycles. The van der Waals surface area contributed by atoms with E-state index in [1.165, 1.54) is 0 Å². The smallest absolute Gasteiger partial charge is 0.326 e. The van der Waals surface area contributed by atoms with Crippen molar-refractivity contribution in [2.24, 2.45) is 5.92 Å². The summed E-state index contributed by atoms with van der Waals surface area (Å²) < 4.78 is 5.01. The van der Waals surface area contributed by atoms with Crippen molar-refractivity contribution >= 4 is 34.6 Å². The number of carbonyl (C=O) groups is 4. The molecule has 1 aliphatic heterocycles. The zero-order valence-corrected chi connectivity index (χ0v) is 17.5. The average molecular weight is 423 g/mol. The zero-order valence-electron chi connectivity index (χ0n) is 17.5. The Balaban J connectivity index is 1.30. The Morgan fingerprint density at radius 1 is 1.19 bits per heavy atom. The molecule has 0 radical (unpaired) electrons. The lowest BCUT2D eigenvalue weighted by Gasteiger charge is -2.20. The van der Waals surface area contributed by atoms with Gasteiger partial charge in [0.25, 0.3) is 11.8 Å². The van der Waals surface area contributed by atoms with Gasteiger partial charge in [-0.15, -0.1) is 0 Å². The van der Waals surface area contributed by atoms with Crippen molar-refractivity contribution in [2.45, 2.75) is 38.3 Å². The minimum atomic E-state index is -0.956. The van der Waals surface area contributed by atoms with Gasteiger partial charge in [0.1, 0.15) is 12.1 Å². The minimum absolute atomic E-state index is 0.103. The van der Waals surface area contributed by atoms with Crippen molar-refractivity contribution in [2.75, 3.05) is 13.2 Å². The normalized spacial score (nSPS) is 21.7. The SMILES string of the molecule is C[C@H](NC(=O)COC(=O)CN1C(=O)N[C@@](C)(C2CC2)C1=O)c1cccc2ccccc12. The molecular weight excluding hydrogens is 398 g/mol. The molecule has 8 heteroatoms. The summed E-state index contributed by atoms with van der Waals surface area (Å²) >= 11 is 0. The van der Waals surface area contributed by atoms with Gasteiger partial charge in [0.2, 0.25) is 0 Å². The Kier molecular flexibility index (Phi) is 5.39. The molecule has 2 aliphatic rings. The van der Waals surface area contributed by atoms with E-state index in [0.29, 0.717) is 0 Å². The number of carbonyl (C=O) groups excluding carboxylic acids is 4. The molecule has 0 aromatic heterocycles. The third-order valence-corrected chi connectivity index (χ3v) is 6.01. The van der Waals surface area contributed by atoms with Crippen LogP contribution in [0.1, 0.15) is 38.3 Å². The largest absolute Gasteiger partial charge is 0.454 e. The van der Waals surface area contributed by atoms with Gasteiger partial charge in [0.05, 0.1) is 6.04 Å². The van der Waals surface area contributed by atoms with E-state index < -0.39 is 42.5 Å². The number of imide groups is 1. The molecule has 4 rings (SSSR count). The molecule has 1 aliphatic carbocycles. The van der Waals surface area contributed by atoms with E-state index in [1.54, 1.807) is 6.92 Å². The number of amides is 4. The van der Waals surface area contributed by atoms with Gasteiger partial charge >= 0.3 is 12.0 Å². The summed E-state index contributed by atoms with van der Waals surface area (Å²) in [4.78, 5) is 50.0. The van der Waals surface area contributed by atoms with Gasteiger partial charge in [0, 0.05) is 0 Å². The second-order valence-corrected chi connectivity index (χ2v) is 8.32. The maximum absolute atomic E-state index is 12.6. The Morgan fingerprint density at radius 2 is 1.90 bits per heavy atom. The Hall–Kier alpha value is -3.42. The predicted octanol–water partition coefficient (Wildman–Crippen LogP) is 2.28. The number of rotatable bonds is 7. The standard InChI is InChI=1S/C23H25N3O5/c1-14(17-9-5-7-15-6-3-4-8-18(15)17)24-19(27)13-31-20(28)12-26-21(29)23(2,16-10-11-16)25-22(26)30/h3-9,14,16H,10-13H2,1-2H3,(H,24,27)(H,25,30)/t14-,23-/m0/s1. The van der Waals surface area contributed by atoms with Gasteiger partial charge in [-0.3, -0.25) is 19.3 Å². The van der Waals surface area contributed by atoms with Gasteiger partial charge in [-0.25, -0.2) is 4.79 Å². The van der Waals surface area contributed by atoms with Crippen LogP contribution in [0, 0.1) is 5.92 Å². The summed E-state index contributed by atoms with van der Waals surface area (Å²) in [6.45, 7) is 2.53. The summed E-state index contributed by atoms with van der Waals surface area (Å²) in [6, 6.07) is 12.8. The first-order valence-electron chi connectivity index (χ1n) is 10.4. The lowest BCUT2D eigenvalue weighted by atomic mass is 9.96. The van der Waals surface area contributed by atoms with Crippen molar-refractivity contribution < 1.29 is 23.9 Å². The van der Waals surface area contributed by atoms with E-state index >= 15 is 0 Å². The molecule has 0 bridgehead atoms. The maximum Gasteiger partial charge on any atom is 0.326 e. The first kappa shape index (κ1) is 20.8. The van der Waals surface area contributed by atoms with E-state index in [4.69, 9.17) is 4.74 Å². The fourth-order valence-corrected chi connectivity index (χ4v) is 4.11. The number of fused-ring (bicyclic) bond motifs is 1. The van der Waals surface area contributed by atoms with Crippen molar-refractivity contribution in [3.8, 4) is 0 Å². The molecule has 2 atom stereocenters. The van der Waals surface area contributed by atoms with Crippen molar-refractivity contribution in [3.05, 3.63) is 48.0 Å². The van der Waals surface area contributed by atoms with Crippen molar-refractivity contribution in [1.29, 1.82) is 0 Å². The van der Waals surface area contributed by atoms with Crippen LogP contribution in [0.4, 0.5) is 4.79 Å². The molecule has 2 aromatic carbocycles. The maximum atomic E-state index is 12.6. The second kappa shape index (κ2) is 8.02. The minimum Gasteiger partial charge on any atom is -0.454 e.